The van der Waals surface area contributed by atoms with Crippen LogP contribution in [0, 0.1) is 5.92 Å². The van der Waals surface area contributed by atoms with Crippen LogP contribution in [0.5, 0.6) is 5.75 Å². The van der Waals surface area contributed by atoms with Gasteiger partial charge in [-0.3, -0.25) is 0 Å². The van der Waals surface area contributed by atoms with Gasteiger partial charge in [-0.1, -0.05) is 122 Å². The molecular weight excluding hydrogens is 415 g/mol. The third-order valence-electron chi connectivity index (χ3n) is 5.84. The van der Waals surface area contributed by atoms with Gasteiger partial charge in [-0.25, -0.2) is 0 Å². The molecule has 0 spiro atoms. The fraction of sp³-hybridized carbons (Fsp3) is 0.769. The summed E-state index contributed by atoms with van der Waals surface area (Å²) in [4.78, 5) is 0. The second-order valence-corrected chi connectivity index (χ2v) is 10.4. The van der Waals surface area contributed by atoms with E-state index in [0.717, 1.165) is 25.7 Å². The summed E-state index contributed by atoms with van der Waals surface area (Å²) in [6.07, 6.45) is 19.8. The Morgan fingerprint density at radius 1 is 0.677 bits per heavy atom. The summed E-state index contributed by atoms with van der Waals surface area (Å²) in [5.41, 5.74) is 0. The van der Waals surface area contributed by atoms with Crippen LogP contribution in [0.15, 0.2) is 30.3 Å². The zero-order valence-electron chi connectivity index (χ0n) is 19.6. The van der Waals surface area contributed by atoms with Crippen LogP contribution in [-0.4, -0.2) is 43.7 Å². The third-order valence-corrected chi connectivity index (χ3v) is 7.16. The van der Waals surface area contributed by atoms with Gasteiger partial charge in [-0.2, -0.15) is 8.42 Å². The molecule has 1 rings (SSSR count). The van der Waals surface area contributed by atoms with Crippen LogP contribution in [0.1, 0.15) is 117 Å². The van der Waals surface area contributed by atoms with Crippen LogP contribution >= 0.6 is 0 Å². The standard InChI is InChI=1S/C26H46O3S.Na.H/c1-3-5-7-9-11-12-14-17-21-25(20-16-13-10-8-6-4-2)24-30(27,28)29-26-22-18-15-19-23-26;;/h15,18-19,22-23,25H,3-14,16-17,20-21,24H2,1-2H3;;. The van der Waals surface area contributed by atoms with E-state index in [4.69, 9.17) is 4.18 Å². The molecule has 1 unspecified atom stereocenters. The van der Waals surface area contributed by atoms with Gasteiger partial charge in [0.05, 0.1) is 5.75 Å². The van der Waals surface area contributed by atoms with E-state index in [1.807, 2.05) is 6.07 Å². The van der Waals surface area contributed by atoms with Crippen molar-refractivity contribution in [2.75, 3.05) is 5.75 Å². The van der Waals surface area contributed by atoms with E-state index >= 15 is 0 Å². The molecule has 5 heteroatoms. The third kappa shape index (κ3) is 18.1. The molecule has 0 amide bonds. The van der Waals surface area contributed by atoms with Crippen molar-refractivity contribution in [2.45, 2.75) is 117 Å². The molecular formula is C26H47NaO3S. The van der Waals surface area contributed by atoms with Gasteiger partial charge < -0.3 is 4.18 Å². The normalized spacial score (nSPS) is 12.3. The molecule has 0 aliphatic rings. The molecule has 0 saturated carbocycles. The monoisotopic (exact) mass is 462 g/mol. The van der Waals surface area contributed by atoms with Gasteiger partial charge in [0.2, 0.25) is 0 Å². The minimum atomic E-state index is -3.54. The Labute approximate surface area is 215 Å². The summed E-state index contributed by atoms with van der Waals surface area (Å²) in [6.45, 7) is 4.48. The van der Waals surface area contributed by atoms with Crippen molar-refractivity contribution >= 4 is 39.7 Å². The van der Waals surface area contributed by atoms with Crippen LogP contribution in [-0.2, 0) is 10.1 Å². The molecule has 0 aliphatic heterocycles. The molecule has 1 aromatic carbocycles. The molecule has 0 saturated heterocycles. The van der Waals surface area contributed by atoms with Gasteiger partial charge in [0, 0.05) is 0 Å². The Hall–Kier alpha value is -0.0300. The van der Waals surface area contributed by atoms with Crippen molar-refractivity contribution in [2.24, 2.45) is 5.92 Å². The fourth-order valence-corrected chi connectivity index (χ4v) is 5.42. The maximum atomic E-state index is 12.6. The van der Waals surface area contributed by atoms with Crippen LogP contribution in [0.3, 0.4) is 0 Å². The second kappa shape index (κ2) is 20.6. The fourth-order valence-electron chi connectivity index (χ4n) is 4.04. The van der Waals surface area contributed by atoms with Crippen LogP contribution in [0.25, 0.3) is 0 Å². The van der Waals surface area contributed by atoms with Gasteiger partial charge in [-0.15, -0.1) is 0 Å². The van der Waals surface area contributed by atoms with E-state index in [0.29, 0.717) is 5.75 Å². The van der Waals surface area contributed by atoms with E-state index in [2.05, 4.69) is 13.8 Å². The first-order chi connectivity index (χ1) is 14.6. The molecule has 0 N–H and O–H groups in total. The predicted octanol–water partition coefficient (Wildman–Crippen LogP) is 7.64. The summed E-state index contributed by atoms with van der Waals surface area (Å²) in [7, 11) is -3.54. The average molecular weight is 463 g/mol. The first kappa shape index (κ1) is 31.0. The van der Waals surface area contributed by atoms with Crippen LogP contribution in [0.2, 0.25) is 0 Å². The van der Waals surface area contributed by atoms with Gasteiger partial charge in [0.15, 0.2) is 0 Å². The summed E-state index contributed by atoms with van der Waals surface area (Å²) in [5, 5.41) is 0. The number of rotatable bonds is 20. The summed E-state index contributed by atoms with van der Waals surface area (Å²) < 4.78 is 30.5. The van der Waals surface area contributed by atoms with E-state index < -0.39 is 10.1 Å². The first-order valence-corrected chi connectivity index (χ1v) is 14.1. The maximum absolute atomic E-state index is 12.6. The van der Waals surface area contributed by atoms with Crippen molar-refractivity contribution in [3.63, 3.8) is 0 Å². The molecule has 1 aromatic rings. The number of hydrogen-bond acceptors (Lipinski definition) is 3. The average Bonchev–Trinajstić information content (AvgIpc) is 2.72. The summed E-state index contributed by atoms with van der Waals surface area (Å²) >= 11 is 0. The zero-order valence-corrected chi connectivity index (χ0v) is 20.4. The molecule has 3 nitrogen and oxygen atoms in total. The molecule has 0 heterocycles. The summed E-state index contributed by atoms with van der Waals surface area (Å²) in [5.74, 6) is 0.778. The van der Waals surface area contributed by atoms with Crippen molar-refractivity contribution in [1.82, 2.24) is 0 Å². The van der Waals surface area contributed by atoms with E-state index in [1.165, 1.54) is 77.0 Å². The second-order valence-electron chi connectivity index (χ2n) is 8.81. The zero-order chi connectivity index (χ0) is 21.9. The van der Waals surface area contributed by atoms with Crippen molar-refractivity contribution < 1.29 is 12.6 Å². The topological polar surface area (TPSA) is 43.4 Å². The number of para-hydroxylation sites is 1. The quantitative estimate of drug-likeness (QED) is 0.114. The molecule has 31 heavy (non-hydrogen) atoms. The Morgan fingerprint density at radius 3 is 1.55 bits per heavy atom. The number of unbranched alkanes of at least 4 members (excludes halogenated alkanes) is 12. The predicted molar refractivity (Wildman–Crippen MR) is 137 cm³/mol. The Kier molecular flexibility index (Phi) is 20.5. The molecule has 176 valence electrons. The molecule has 1 atom stereocenters. The molecule has 0 aliphatic carbocycles. The SMILES string of the molecule is CCCCCCCCCCC(CCCCCCCC)CS(=O)(=O)Oc1ccccc1.[NaH]. The van der Waals surface area contributed by atoms with Crippen molar-refractivity contribution in [3.8, 4) is 5.75 Å². The Morgan fingerprint density at radius 2 is 1.10 bits per heavy atom. The Balaban J connectivity index is 0.00000900. The minimum absolute atomic E-state index is 0. The molecule has 0 radical (unpaired) electrons. The number of hydrogen-bond donors (Lipinski definition) is 0. The molecule has 0 aromatic heterocycles. The Bertz CT molecular complexity index is 604. The van der Waals surface area contributed by atoms with E-state index in [9.17, 15) is 8.42 Å². The first-order valence-electron chi connectivity index (χ1n) is 12.5. The van der Waals surface area contributed by atoms with E-state index in [-0.39, 0.29) is 41.2 Å². The van der Waals surface area contributed by atoms with Crippen molar-refractivity contribution in [1.29, 1.82) is 0 Å². The van der Waals surface area contributed by atoms with Gasteiger partial charge in [0.25, 0.3) is 0 Å². The van der Waals surface area contributed by atoms with Gasteiger partial charge >= 0.3 is 39.7 Å². The number of benzene rings is 1. The molecule has 0 fully saturated rings. The van der Waals surface area contributed by atoms with Crippen molar-refractivity contribution in [3.05, 3.63) is 30.3 Å². The van der Waals surface area contributed by atoms with Crippen LogP contribution in [0.4, 0.5) is 0 Å². The van der Waals surface area contributed by atoms with Gasteiger partial charge in [0.1, 0.15) is 5.75 Å². The van der Waals surface area contributed by atoms with E-state index in [1.54, 1.807) is 24.3 Å². The van der Waals surface area contributed by atoms with Gasteiger partial charge in [-0.05, 0) is 30.9 Å². The summed E-state index contributed by atoms with van der Waals surface area (Å²) in [6, 6.07) is 8.89. The van der Waals surface area contributed by atoms with Crippen LogP contribution < -0.4 is 4.18 Å². The molecule has 0 bridgehead atoms.